The largest absolute Gasteiger partial charge is 0.480 e. The Kier molecular flexibility index (Phi) is 4.85. The zero-order chi connectivity index (χ0) is 17.1. The summed E-state index contributed by atoms with van der Waals surface area (Å²) in [6.07, 6.45) is 3.61. The van der Waals surface area contributed by atoms with Crippen LogP contribution in [0.3, 0.4) is 0 Å². The maximum atomic E-state index is 12.4. The Labute approximate surface area is 144 Å². The first kappa shape index (κ1) is 16.5. The van der Waals surface area contributed by atoms with Gasteiger partial charge in [0.2, 0.25) is 11.8 Å². The van der Waals surface area contributed by atoms with E-state index in [4.69, 9.17) is 16.0 Å². The van der Waals surface area contributed by atoms with E-state index in [9.17, 15) is 14.7 Å². The molecule has 0 bridgehead atoms. The second-order valence-electron chi connectivity index (χ2n) is 5.76. The Bertz CT molecular complexity index is 741. The summed E-state index contributed by atoms with van der Waals surface area (Å²) in [5.74, 6) is -0.786. The number of nitrogens with zero attached hydrogens (tertiary/aromatic N) is 2. The first-order valence-corrected chi connectivity index (χ1v) is 8.15. The number of aliphatic carboxylic acids is 1. The minimum Gasteiger partial charge on any atom is -0.480 e. The van der Waals surface area contributed by atoms with Gasteiger partial charge in [-0.25, -0.2) is 9.78 Å². The lowest BCUT2D eigenvalue weighted by Crippen LogP contribution is -2.48. The lowest BCUT2D eigenvalue weighted by atomic mass is 10.0. The quantitative estimate of drug-likeness (QED) is 0.918. The summed E-state index contributed by atoms with van der Waals surface area (Å²) in [6.45, 7) is 0.470. The number of rotatable bonds is 4. The van der Waals surface area contributed by atoms with Crippen molar-refractivity contribution in [2.24, 2.45) is 0 Å². The van der Waals surface area contributed by atoms with E-state index in [1.165, 1.54) is 11.2 Å². The molecule has 2 aromatic rings. The number of hydrogen-bond donors (Lipinski definition) is 1. The molecule has 0 saturated carbocycles. The van der Waals surface area contributed by atoms with E-state index < -0.39 is 12.0 Å². The van der Waals surface area contributed by atoms with Crippen LogP contribution in [0, 0.1) is 0 Å². The number of carboxylic acid groups (broad SMARTS) is 1. The van der Waals surface area contributed by atoms with Gasteiger partial charge in [0, 0.05) is 17.1 Å². The van der Waals surface area contributed by atoms with Crippen molar-refractivity contribution in [1.82, 2.24) is 9.88 Å². The third kappa shape index (κ3) is 3.59. The molecule has 1 aliphatic rings. The molecule has 1 amide bonds. The predicted molar refractivity (Wildman–Crippen MR) is 87.6 cm³/mol. The second-order valence-corrected chi connectivity index (χ2v) is 6.20. The standard InChI is InChI=1S/C17H17ClN2O4/c18-12-6-4-11(5-7-12)16-19-13(10-24-16)9-15(21)20-8-2-1-3-14(20)17(22)23/h4-7,10,14H,1-3,8-9H2,(H,22,23)/t14-/m1/s1. The lowest BCUT2D eigenvalue weighted by molar-refractivity contribution is -0.151. The van der Waals surface area contributed by atoms with E-state index in [1.54, 1.807) is 24.3 Å². The van der Waals surface area contributed by atoms with Gasteiger partial charge in [0.15, 0.2) is 0 Å². The maximum absolute atomic E-state index is 12.4. The molecule has 2 heterocycles. The van der Waals surface area contributed by atoms with Crippen LogP contribution in [0.25, 0.3) is 11.5 Å². The van der Waals surface area contributed by atoms with E-state index in [1.807, 2.05) is 0 Å². The molecule has 1 aromatic carbocycles. The first-order valence-electron chi connectivity index (χ1n) is 7.77. The van der Waals surface area contributed by atoms with Crippen molar-refractivity contribution in [3.63, 3.8) is 0 Å². The minimum atomic E-state index is -0.954. The van der Waals surface area contributed by atoms with Gasteiger partial charge >= 0.3 is 5.97 Å². The molecule has 0 spiro atoms. The van der Waals surface area contributed by atoms with Crippen LogP contribution in [0.4, 0.5) is 0 Å². The smallest absolute Gasteiger partial charge is 0.326 e. The third-order valence-electron chi connectivity index (χ3n) is 4.08. The molecule has 0 unspecified atom stereocenters. The zero-order valence-corrected chi connectivity index (χ0v) is 13.7. The third-order valence-corrected chi connectivity index (χ3v) is 4.34. The summed E-state index contributed by atoms with van der Waals surface area (Å²) in [4.78, 5) is 29.5. The number of piperidine rings is 1. The number of carboxylic acids is 1. The molecule has 1 aromatic heterocycles. The average molecular weight is 349 g/mol. The first-order chi connectivity index (χ1) is 11.5. The summed E-state index contributed by atoms with van der Waals surface area (Å²) in [5.41, 5.74) is 1.25. The lowest BCUT2D eigenvalue weighted by Gasteiger charge is -2.32. The van der Waals surface area contributed by atoms with Gasteiger partial charge in [0.25, 0.3) is 0 Å². The zero-order valence-electron chi connectivity index (χ0n) is 12.9. The number of benzene rings is 1. The Morgan fingerprint density at radius 1 is 1.29 bits per heavy atom. The fraction of sp³-hybridized carbons (Fsp3) is 0.353. The van der Waals surface area contributed by atoms with Gasteiger partial charge in [0.05, 0.1) is 12.1 Å². The van der Waals surface area contributed by atoms with E-state index >= 15 is 0 Å². The molecule has 1 N–H and O–H groups in total. The van der Waals surface area contributed by atoms with Crippen molar-refractivity contribution in [3.8, 4) is 11.5 Å². The van der Waals surface area contributed by atoms with Crippen LogP contribution in [-0.2, 0) is 16.0 Å². The molecule has 1 saturated heterocycles. The van der Waals surface area contributed by atoms with Gasteiger partial charge in [0.1, 0.15) is 12.3 Å². The molecular formula is C17H17ClN2O4. The number of amides is 1. The predicted octanol–water partition coefficient (Wildman–Crippen LogP) is 3.00. The summed E-state index contributed by atoms with van der Waals surface area (Å²) < 4.78 is 5.41. The fourth-order valence-corrected chi connectivity index (χ4v) is 2.98. The summed E-state index contributed by atoms with van der Waals surface area (Å²) in [5, 5.41) is 9.88. The highest BCUT2D eigenvalue weighted by molar-refractivity contribution is 6.30. The van der Waals surface area contributed by atoms with Crippen molar-refractivity contribution in [1.29, 1.82) is 0 Å². The Balaban J connectivity index is 1.70. The Hall–Kier alpha value is -2.34. The highest BCUT2D eigenvalue weighted by Crippen LogP contribution is 2.22. The molecule has 24 heavy (non-hydrogen) atoms. The molecule has 0 radical (unpaired) electrons. The van der Waals surface area contributed by atoms with Crippen LogP contribution in [0.2, 0.25) is 5.02 Å². The van der Waals surface area contributed by atoms with Crippen LogP contribution in [0.1, 0.15) is 25.0 Å². The molecule has 126 valence electrons. The van der Waals surface area contributed by atoms with E-state index in [0.29, 0.717) is 29.6 Å². The normalized spacial score (nSPS) is 17.7. The van der Waals surface area contributed by atoms with Crippen LogP contribution >= 0.6 is 11.6 Å². The molecule has 6 nitrogen and oxygen atoms in total. The SMILES string of the molecule is O=C(O)[C@H]1CCCCN1C(=O)Cc1coc(-c2ccc(Cl)cc2)n1. The number of likely N-dealkylation sites (tertiary alicyclic amines) is 1. The molecular weight excluding hydrogens is 332 g/mol. The van der Waals surface area contributed by atoms with Gasteiger partial charge in [-0.3, -0.25) is 4.79 Å². The van der Waals surface area contributed by atoms with Crippen LogP contribution in [-0.4, -0.2) is 39.5 Å². The van der Waals surface area contributed by atoms with E-state index in [2.05, 4.69) is 4.98 Å². The fourth-order valence-electron chi connectivity index (χ4n) is 2.86. The Morgan fingerprint density at radius 2 is 2.04 bits per heavy atom. The number of aromatic nitrogens is 1. The van der Waals surface area contributed by atoms with Crippen molar-refractivity contribution in [2.45, 2.75) is 31.7 Å². The summed E-state index contributed by atoms with van der Waals surface area (Å²) >= 11 is 5.85. The average Bonchev–Trinajstić information content (AvgIpc) is 3.04. The topological polar surface area (TPSA) is 83.6 Å². The van der Waals surface area contributed by atoms with Crippen molar-refractivity contribution < 1.29 is 19.1 Å². The van der Waals surface area contributed by atoms with Crippen LogP contribution in [0.15, 0.2) is 34.9 Å². The van der Waals surface area contributed by atoms with Gasteiger partial charge in [-0.2, -0.15) is 0 Å². The molecule has 3 rings (SSSR count). The van der Waals surface area contributed by atoms with Crippen LogP contribution < -0.4 is 0 Å². The molecule has 7 heteroatoms. The molecule has 1 fully saturated rings. The summed E-state index contributed by atoms with van der Waals surface area (Å²) in [7, 11) is 0. The van der Waals surface area contributed by atoms with Crippen LogP contribution in [0.5, 0.6) is 0 Å². The highest BCUT2D eigenvalue weighted by atomic mass is 35.5. The minimum absolute atomic E-state index is 0.0286. The van der Waals surface area contributed by atoms with Gasteiger partial charge in [-0.1, -0.05) is 11.6 Å². The second kappa shape index (κ2) is 7.05. The number of halogens is 1. The maximum Gasteiger partial charge on any atom is 0.326 e. The highest BCUT2D eigenvalue weighted by Gasteiger charge is 2.32. The van der Waals surface area contributed by atoms with Crippen molar-refractivity contribution >= 4 is 23.5 Å². The number of oxazole rings is 1. The Morgan fingerprint density at radius 3 is 2.75 bits per heavy atom. The van der Waals surface area contributed by atoms with Gasteiger partial charge < -0.3 is 14.4 Å². The molecule has 1 aliphatic heterocycles. The van der Waals surface area contributed by atoms with Crippen molar-refractivity contribution in [3.05, 3.63) is 41.2 Å². The number of carbonyl (C=O) groups is 2. The van der Waals surface area contributed by atoms with E-state index in [-0.39, 0.29) is 12.3 Å². The van der Waals surface area contributed by atoms with Gasteiger partial charge in [-0.15, -0.1) is 0 Å². The molecule has 0 aliphatic carbocycles. The number of hydrogen-bond acceptors (Lipinski definition) is 4. The molecule has 1 atom stereocenters. The van der Waals surface area contributed by atoms with Crippen molar-refractivity contribution in [2.75, 3.05) is 6.54 Å². The van der Waals surface area contributed by atoms with Gasteiger partial charge in [-0.05, 0) is 43.5 Å². The number of carbonyl (C=O) groups excluding carboxylic acids is 1. The summed E-state index contributed by atoms with van der Waals surface area (Å²) in [6, 6.07) is 6.29. The van der Waals surface area contributed by atoms with E-state index in [0.717, 1.165) is 18.4 Å². The monoisotopic (exact) mass is 348 g/mol.